The van der Waals surface area contributed by atoms with Crippen molar-refractivity contribution in [3.8, 4) is 0 Å². The summed E-state index contributed by atoms with van der Waals surface area (Å²) in [6.07, 6.45) is 4.31. The molecule has 1 heterocycles. The molecule has 0 aliphatic heterocycles. The van der Waals surface area contributed by atoms with Crippen LogP contribution < -0.4 is 5.32 Å². The van der Waals surface area contributed by atoms with Crippen molar-refractivity contribution in [1.29, 1.82) is 0 Å². The van der Waals surface area contributed by atoms with Crippen molar-refractivity contribution in [3.63, 3.8) is 0 Å². The van der Waals surface area contributed by atoms with Crippen molar-refractivity contribution in [3.05, 3.63) is 52.8 Å². The maximum atomic E-state index is 14.1. The lowest BCUT2D eigenvalue weighted by atomic mass is 10.0. The molecule has 0 aliphatic carbocycles. The number of hydrogen-bond donors (Lipinski definition) is 1. The molecule has 102 valence electrons. The molecule has 1 aromatic carbocycles. The fourth-order valence-corrected chi connectivity index (χ4v) is 2.34. The molecule has 0 amide bonds. The van der Waals surface area contributed by atoms with Crippen molar-refractivity contribution in [1.82, 2.24) is 14.9 Å². The summed E-state index contributed by atoms with van der Waals surface area (Å²) in [4.78, 5) is 4.32. The molecule has 0 spiro atoms. The summed E-state index contributed by atoms with van der Waals surface area (Å²) in [6.45, 7) is 2.91. The Balaban J connectivity index is 2.28. The number of imidazole rings is 1. The Morgan fingerprint density at radius 1 is 1.47 bits per heavy atom. The molecule has 0 bridgehead atoms. The van der Waals surface area contributed by atoms with Crippen molar-refractivity contribution in [2.75, 3.05) is 7.05 Å². The van der Waals surface area contributed by atoms with Gasteiger partial charge in [-0.15, -0.1) is 0 Å². The standard InChI is InChI=1S/C14H17ClFN3/c1-3-19-8-7-18-13(19)9-12(17-2)10-5-4-6-11(15)14(10)16/h4-8,12,17H,3,9H2,1-2H3. The van der Waals surface area contributed by atoms with Crippen molar-refractivity contribution in [2.45, 2.75) is 25.9 Å². The number of rotatable bonds is 5. The Morgan fingerprint density at radius 3 is 2.95 bits per heavy atom. The van der Waals surface area contributed by atoms with Gasteiger partial charge < -0.3 is 9.88 Å². The van der Waals surface area contributed by atoms with E-state index in [4.69, 9.17) is 11.6 Å². The molecular weight excluding hydrogens is 265 g/mol. The molecule has 0 saturated carbocycles. The first-order valence-corrected chi connectivity index (χ1v) is 6.66. The average molecular weight is 282 g/mol. The molecule has 1 aromatic heterocycles. The molecule has 19 heavy (non-hydrogen) atoms. The van der Waals surface area contributed by atoms with E-state index in [9.17, 15) is 4.39 Å². The van der Waals surface area contributed by atoms with Crippen LogP contribution in [0.15, 0.2) is 30.6 Å². The van der Waals surface area contributed by atoms with Crippen LogP contribution in [-0.2, 0) is 13.0 Å². The van der Waals surface area contributed by atoms with Crippen LogP contribution in [0.2, 0.25) is 5.02 Å². The Labute approximate surface area is 117 Å². The number of hydrogen-bond acceptors (Lipinski definition) is 2. The van der Waals surface area contributed by atoms with E-state index >= 15 is 0 Å². The average Bonchev–Trinajstić information content (AvgIpc) is 2.87. The highest BCUT2D eigenvalue weighted by Gasteiger charge is 2.18. The second-order valence-electron chi connectivity index (χ2n) is 4.32. The van der Waals surface area contributed by atoms with E-state index in [1.54, 1.807) is 24.4 Å². The Hall–Kier alpha value is -1.39. The third-order valence-corrected chi connectivity index (χ3v) is 3.53. The maximum absolute atomic E-state index is 14.1. The third kappa shape index (κ3) is 2.96. The molecule has 1 unspecified atom stereocenters. The lowest BCUT2D eigenvalue weighted by Gasteiger charge is -2.18. The zero-order chi connectivity index (χ0) is 13.8. The normalized spacial score (nSPS) is 12.6. The molecule has 2 aromatic rings. The fraction of sp³-hybridized carbons (Fsp3) is 0.357. The zero-order valence-corrected chi connectivity index (χ0v) is 11.8. The largest absolute Gasteiger partial charge is 0.335 e. The predicted octanol–water partition coefficient (Wildman–Crippen LogP) is 3.20. The van der Waals surface area contributed by atoms with Crippen LogP contribution in [0.5, 0.6) is 0 Å². The van der Waals surface area contributed by atoms with Crippen molar-refractivity contribution >= 4 is 11.6 Å². The molecule has 0 saturated heterocycles. The van der Waals surface area contributed by atoms with E-state index in [0.717, 1.165) is 12.4 Å². The van der Waals surface area contributed by atoms with Crippen molar-refractivity contribution in [2.24, 2.45) is 0 Å². The van der Waals surface area contributed by atoms with Gasteiger partial charge in [-0.3, -0.25) is 0 Å². The highest BCUT2D eigenvalue weighted by atomic mass is 35.5. The summed E-state index contributed by atoms with van der Waals surface area (Å²) in [7, 11) is 1.81. The van der Waals surface area contributed by atoms with E-state index < -0.39 is 0 Å². The molecule has 0 fully saturated rings. The van der Waals surface area contributed by atoms with E-state index in [-0.39, 0.29) is 16.9 Å². The van der Waals surface area contributed by atoms with Crippen LogP contribution >= 0.6 is 11.6 Å². The van der Waals surface area contributed by atoms with Gasteiger partial charge in [0.15, 0.2) is 0 Å². The van der Waals surface area contributed by atoms with Gasteiger partial charge in [0.1, 0.15) is 11.6 Å². The number of benzene rings is 1. The van der Waals surface area contributed by atoms with E-state index in [1.807, 2.05) is 17.8 Å². The van der Waals surface area contributed by atoms with Gasteiger partial charge in [-0.05, 0) is 20.0 Å². The quantitative estimate of drug-likeness (QED) is 0.912. The molecule has 1 atom stereocenters. The van der Waals surface area contributed by atoms with Gasteiger partial charge in [0.05, 0.1) is 5.02 Å². The SMILES string of the molecule is CCn1ccnc1CC(NC)c1cccc(Cl)c1F. The first-order valence-electron chi connectivity index (χ1n) is 6.28. The number of halogens is 2. The number of aryl methyl sites for hydroxylation is 1. The summed E-state index contributed by atoms with van der Waals surface area (Å²) in [5.74, 6) is 0.569. The lowest BCUT2D eigenvalue weighted by Crippen LogP contribution is -2.22. The van der Waals surface area contributed by atoms with E-state index in [1.165, 1.54) is 0 Å². The number of likely N-dealkylation sites (N-methyl/N-ethyl adjacent to an activating group) is 1. The molecule has 1 N–H and O–H groups in total. The monoisotopic (exact) mass is 281 g/mol. The van der Waals surface area contributed by atoms with Crippen LogP contribution in [0, 0.1) is 5.82 Å². The Bertz CT molecular complexity index is 553. The lowest BCUT2D eigenvalue weighted by molar-refractivity contribution is 0.515. The Morgan fingerprint density at radius 2 is 2.26 bits per heavy atom. The molecule has 3 nitrogen and oxygen atoms in total. The van der Waals surface area contributed by atoms with Gasteiger partial charge in [-0.25, -0.2) is 9.37 Å². The molecule has 0 aliphatic rings. The van der Waals surface area contributed by atoms with Gasteiger partial charge >= 0.3 is 0 Å². The number of aromatic nitrogens is 2. The molecule has 5 heteroatoms. The van der Waals surface area contributed by atoms with Gasteiger partial charge in [0.2, 0.25) is 0 Å². The van der Waals surface area contributed by atoms with Gasteiger partial charge in [-0.1, -0.05) is 23.7 Å². The van der Waals surface area contributed by atoms with Crippen molar-refractivity contribution < 1.29 is 4.39 Å². The second-order valence-corrected chi connectivity index (χ2v) is 4.73. The smallest absolute Gasteiger partial charge is 0.146 e. The fourth-order valence-electron chi connectivity index (χ4n) is 2.16. The minimum absolute atomic E-state index is 0.147. The molecular formula is C14H17ClFN3. The van der Waals surface area contributed by atoms with Crippen LogP contribution in [0.1, 0.15) is 24.4 Å². The second kappa shape index (κ2) is 6.17. The topological polar surface area (TPSA) is 29.9 Å². The highest BCUT2D eigenvalue weighted by molar-refractivity contribution is 6.30. The zero-order valence-electron chi connectivity index (χ0n) is 11.0. The summed E-state index contributed by atoms with van der Waals surface area (Å²) in [5.41, 5.74) is 0.570. The van der Waals surface area contributed by atoms with Crippen LogP contribution in [0.25, 0.3) is 0 Å². The molecule has 2 rings (SSSR count). The van der Waals surface area contributed by atoms with Gasteiger partial charge in [-0.2, -0.15) is 0 Å². The van der Waals surface area contributed by atoms with E-state index in [0.29, 0.717) is 12.0 Å². The molecule has 0 radical (unpaired) electrons. The predicted molar refractivity (Wildman–Crippen MR) is 74.8 cm³/mol. The minimum Gasteiger partial charge on any atom is -0.335 e. The van der Waals surface area contributed by atoms with Crippen LogP contribution in [-0.4, -0.2) is 16.6 Å². The first kappa shape index (κ1) is 14.0. The summed E-state index contributed by atoms with van der Waals surface area (Å²) >= 11 is 5.83. The summed E-state index contributed by atoms with van der Waals surface area (Å²) < 4.78 is 16.1. The number of nitrogens with zero attached hydrogens (tertiary/aromatic N) is 2. The van der Waals surface area contributed by atoms with Gasteiger partial charge in [0.25, 0.3) is 0 Å². The van der Waals surface area contributed by atoms with Gasteiger partial charge in [0, 0.05) is 37.0 Å². The minimum atomic E-state index is -0.363. The maximum Gasteiger partial charge on any atom is 0.146 e. The van der Waals surface area contributed by atoms with E-state index in [2.05, 4.69) is 17.2 Å². The third-order valence-electron chi connectivity index (χ3n) is 3.23. The summed E-state index contributed by atoms with van der Waals surface area (Å²) in [5, 5.41) is 3.27. The first-order chi connectivity index (χ1) is 9.17. The highest BCUT2D eigenvalue weighted by Crippen LogP contribution is 2.25. The van der Waals surface area contributed by atoms with Crippen LogP contribution in [0.4, 0.5) is 4.39 Å². The summed E-state index contributed by atoms with van der Waals surface area (Å²) in [6, 6.07) is 4.92. The Kier molecular flexibility index (Phi) is 4.56. The van der Waals surface area contributed by atoms with Crippen LogP contribution in [0.3, 0.4) is 0 Å². The number of nitrogens with one attached hydrogen (secondary N) is 1.